The van der Waals surface area contributed by atoms with Gasteiger partial charge in [0.25, 0.3) is 0 Å². The van der Waals surface area contributed by atoms with Crippen molar-refractivity contribution in [2.24, 2.45) is 0 Å². The van der Waals surface area contributed by atoms with Gasteiger partial charge in [0, 0.05) is 12.5 Å². The van der Waals surface area contributed by atoms with Gasteiger partial charge in [-0.2, -0.15) is 11.3 Å². The summed E-state index contributed by atoms with van der Waals surface area (Å²) in [6.45, 7) is 3.08. The van der Waals surface area contributed by atoms with Gasteiger partial charge < -0.3 is 10.6 Å². The van der Waals surface area contributed by atoms with Gasteiger partial charge in [0.15, 0.2) is 0 Å². The molecule has 4 heteroatoms. The third kappa shape index (κ3) is 3.06. The van der Waals surface area contributed by atoms with Crippen LogP contribution < -0.4 is 10.6 Å². The fourth-order valence-corrected chi connectivity index (χ4v) is 2.81. The normalized spacial score (nSPS) is 21.9. The van der Waals surface area contributed by atoms with Gasteiger partial charge in [-0.25, -0.2) is 0 Å². The molecule has 88 valence electrons. The number of hydrogen-bond acceptors (Lipinski definition) is 3. The van der Waals surface area contributed by atoms with Crippen molar-refractivity contribution in [1.29, 1.82) is 0 Å². The molecule has 2 heterocycles. The Kier molecular flexibility index (Phi) is 3.96. The molecule has 1 aromatic rings. The quantitative estimate of drug-likeness (QED) is 0.843. The smallest absolute Gasteiger partial charge is 0.222 e. The summed E-state index contributed by atoms with van der Waals surface area (Å²) in [5.74, 6) is 0.151. The molecule has 0 aliphatic carbocycles. The van der Waals surface area contributed by atoms with Crippen molar-refractivity contribution in [2.75, 3.05) is 6.54 Å². The number of amides is 1. The number of nitrogens with one attached hydrogen (secondary N) is 2. The largest absolute Gasteiger partial charge is 0.350 e. The first-order valence-electron chi connectivity index (χ1n) is 5.80. The van der Waals surface area contributed by atoms with E-state index in [1.165, 1.54) is 12.0 Å². The summed E-state index contributed by atoms with van der Waals surface area (Å²) >= 11 is 1.66. The molecule has 0 radical (unpaired) electrons. The molecule has 2 atom stereocenters. The van der Waals surface area contributed by atoms with E-state index < -0.39 is 0 Å². The van der Waals surface area contributed by atoms with Crippen LogP contribution in [0.15, 0.2) is 16.8 Å². The fourth-order valence-electron chi connectivity index (χ4n) is 2.06. The highest BCUT2D eigenvalue weighted by Crippen LogP contribution is 2.16. The predicted molar refractivity (Wildman–Crippen MR) is 66.5 cm³/mol. The second-order valence-corrected chi connectivity index (χ2v) is 5.12. The van der Waals surface area contributed by atoms with Crippen molar-refractivity contribution in [1.82, 2.24) is 10.6 Å². The van der Waals surface area contributed by atoms with E-state index in [2.05, 4.69) is 22.1 Å². The van der Waals surface area contributed by atoms with Crippen molar-refractivity contribution in [3.8, 4) is 0 Å². The van der Waals surface area contributed by atoms with Crippen molar-refractivity contribution >= 4 is 17.2 Å². The maximum atomic E-state index is 11.8. The highest BCUT2D eigenvalue weighted by molar-refractivity contribution is 7.07. The van der Waals surface area contributed by atoms with E-state index in [4.69, 9.17) is 0 Å². The SMILES string of the molecule is CC(NC(=O)CC1CCCN1)c1ccsc1. The van der Waals surface area contributed by atoms with Crippen LogP contribution in [0.3, 0.4) is 0 Å². The molecule has 0 aromatic carbocycles. The number of carbonyl (C=O) groups is 1. The number of carbonyl (C=O) groups excluding carboxylic acids is 1. The van der Waals surface area contributed by atoms with Gasteiger partial charge >= 0.3 is 0 Å². The van der Waals surface area contributed by atoms with Crippen LogP contribution in [0.5, 0.6) is 0 Å². The molecule has 0 bridgehead atoms. The lowest BCUT2D eigenvalue weighted by Crippen LogP contribution is -2.33. The Morgan fingerprint density at radius 2 is 2.62 bits per heavy atom. The lowest BCUT2D eigenvalue weighted by molar-refractivity contribution is -0.122. The van der Waals surface area contributed by atoms with Crippen LogP contribution in [-0.2, 0) is 4.79 Å². The molecule has 1 amide bonds. The maximum Gasteiger partial charge on any atom is 0.222 e. The summed E-state index contributed by atoms with van der Waals surface area (Å²) in [7, 11) is 0. The summed E-state index contributed by atoms with van der Waals surface area (Å²) in [5.41, 5.74) is 1.19. The summed E-state index contributed by atoms with van der Waals surface area (Å²) in [6, 6.07) is 2.57. The van der Waals surface area contributed by atoms with E-state index >= 15 is 0 Å². The molecule has 16 heavy (non-hydrogen) atoms. The molecule has 0 saturated carbocycles. The zero-order valence-electron chi connectivity index (χ0n) is 9.53. The van der Waals surface area contributed by atoms with E-state index in [1.54, 1.807) is 11.3 Å². The van der Waals surface area contributed by atoms with Gasteiger partial charge in [0.05, 0.1) is 6.04 Å². The second-order valence-electron chi connectivity index (χ2n) is 4.34. The highest BCUT2D eigenvalue weighted by Gasteiger charge is 2.18. The van der Waals surface area contributed by atoms with E-state index in [9.17, 15) is 4.79 Å². The van der Waals surface area contributed by atoms with Crippen LogP contribution >= 0.6 is 11.3 Å². The number of thiophene rings is 1. The minimum atomic E-state index is 0.125. The molecule has 0 spiro atoms. The Balaban J connectivity index is 1.78. The van der Waals surface area contributed by atoms with Crippen molar-refractivity contribution in [3.63, 3.8) is 0 Å². The molecular weight excluding hydrogens is 220 g/mol. The van der Waals surface area contributed by atoms with E-state index in [1.807, 2.05) is 12.3 Å². The monoisotopic (exact) mass is 238 g/mol. The van der Waals surface area contributed by atoms with Crippen molar-refractivity contribution in [3.05, 3.63) is 22.4 Å². The van der Waals surface area contributed by atoms with Gasteiger partial charge in [-0.05, 0) is 48.7 Å². The van der Waals surface area contributed by atoms with Gasteiger partial charge in [-0.3, -0.25) is 4.79 Å². The standard InChI is InChI=1S/C12H18N2OS/c1-9(10-4-6-16-8-10)14-12(15)7-11-3-2-5-13-11/h4,6,8-9,11,13H,2-3,5,7H2,1H3,(H,14,15). The van der Waals surface area contributed by atoms with Crippen LogP contribution in [0, 0.1) is 0 Å². The first-order valence-corrected chi connectivity index (χ1v) is 6.75. The Bertz CT molecular complexity index is 331. The van der Waals surface area contributed by atoms with Crippen LogP contribution in [-0.4, -0.2) is 18.5 Å². The van der Waals surface area contributed by atoms with Crippen LogP contribution in [0.4, 0.5) is 0 Å². The van der Waals surface area contributed by atoms with Gasteiger partial charge in [-0.15, -0.1) is 0 Å². The van der Waals surface area contributed by atoms with E-state index in [0.29, 0.717) is 12.5 Å². The van der Waals surface area contributed by atoms with Crippen molar-refractivity contribution in [2.45, 2.75) is 38.3 Å². The topological polar surface area (TPSA) is 41.1 Å². The zero-order chi connectivity index (χ0) is 11.4. The van der Waals surface area contributed by atoms with Gasteiger partial charge in [0.1, 0.15) is 0 Å². The predicted octanol–water partition coefficient (Wildman–Crippen LogP) is 2.07. The summed E-state index contributed by atoms with van der Waals surface area (Å²) in [6.07, 6.45) is 2.92. The lowest BCUT2D eigenvalue weighted by Gasteiger charge is -2.15. The Morgan fingerprint density at radius 1 is 1.75 bits per heavy atom. The molecule has 2 unspecified atom stereocenters. The number of hydrogen-bond donors (Lipinski definition) is 2. The average molecular weight is 238 g/mol. The van der Waals surface area contributed by atoms with Crippen molar-refractivity contribution < 1.29 is 4.79 Å². The highest BCUT2D eigenvalue weighted by atomic mass is 32.1. The van der Waals surface area contributed by atoms with Crippen LogP contribution in [0.25, 0.3) is 0 Å². The van der Waals surface area contributed by atoms with Gasteiger partial charge in [-0.1, -0.05) is 0 Å². The van der Waals surface area contributed by atoms with Crippen LogP contribution in [0.1, 0.15) is 37.8 Å². The second kappa shape index (κ2) is 5.46. The molecule has 1 aromatic heterocycles. The first-order chi connectivity index (χ1) is 7.75. The minimum Gasteiger partial charge on any atom is -0.350 e. The Labute approximate surface area is 100 Å². The molecule has 1 aliphatic heterocycles. The summed E-state index contributed by atoms with van der Waals surface area (Å²) in [5, 5.41) is 10.5. The zero-order valence-corrected chi connectivity index (χ0v) is 10.3. The van der Waals surface area contributed by atoms with E-state index in [-0.39, 0.29) is 11.9 Å². The summed E-state index contributed by atoms with van der Waals surface area (Å²) in [4.78, 5) is 11.8. The Morgan fingerprint density at radius 3 is 3.25 bits per heavy atom. The molecule has 1 saturated heterocycles. The van der Waals surface area contributed by atoms with Gasteiger partial charge in [0.2, 0.25) is 5.91 Å². The third-order valence-corrected chi connectivity index (χ3v) is 3.72. The lowest BCUT2D eigenvalue weighted by atomic mass is 10.1. The first kappa shape index (κ1) is 11.6. The number of rotatable bonds is 4. The van der Waals surface area contributed by atoms with E-state index in [0.717, 1.165) is 13.0 Å². The molecular formula is C12H18N2OS. The maximum absolute atomic E-state index is 11.8. The molecule has 2 N–H and O–H groups in total. The fraction of sp³-hybridized carbons (Fsp3) is 0.583. The molecule has 1 aliphatic rings. The molecule has 2 rings (SSSR count). The summed E-state index contributed by atoms with van der Waals surface area (Å²) < 4.78 is 0. The third-order valence-electron chi connectivity index (χ3n) is 3.01. The Hall–Kier alpha value is -0.870. The molecule has 3 nitrogen and oxygen atoms in total. The minimum absolute atomic E-state index is 0.125. The average Bonchev–Trinajstić information content (AvgIpc) is 2.88. The molecule has 1 fully saturated rings. The van der Waals surface area contributed by atoms with Crippen LogP contribution in [0.2, 0.25) is 0 Å².